The molecule has 0 spiro atoms. The molecule has 7 heteroatoms. The van der Waals surface area contributed by atoms with E-state index in [1.807, 2.05) is 47.5 Å². The number of aromatic nitrogens is 2. The van der Waals surface area contributed by atoms with Gasteiger partial charge in [0.2, 0.25) is 0 Å². The van der Waals surface area contributed by atoms with Gasteiger partial charge in [-0.25, -0.2) is 0 Å². The number of hydrogen-bond donors (Lipinski definition) is 2. The largest absolute Gasteiger partial charge is 0.506 e. The summed E-state index contributed by atoms with van der Waals surface area (Å²) in [4.78, 5) is 6.53. The average molecular weight is 461 g/mol. The number of anilines is 1. The maximum atomic E-state index is 10.7. The van der Waals surface area contributed by atoms with E-state index < -0.39 is 0 Å². The first-order chi connectivity index (χ1) is 15.5. The van der Waals surface area contributed by atoms with Crippen molar-refractivity contribution in [3.63, 3.8) is 0 Å². The van der Waals surface area contributed by atoms with Gasteiger partial charge in [-0.2, -0.15) is 0 Å². The van der Waals surface area contributed by atoms with Gasteiger partial charge in [-0.05, 0) is 73.2 Å². The summed E-state index contributed by atoms with van der Waals surface area (Å²) in [5.74, 6) is 0.110. The summed E-state index contributed by atoms with van der Waals surface area (Å²) >= 11 is 12.1. The summed E-state index contributed by atoms with van der Waals surface area (Å²) in [6.45, 7) is 2.09. The summed E-state index contributed by atoms with van der Waals surface area (Å²) in [6, 6.07) is 22.7. The molecule has 2 N–H and O–H groups in total. The second-order valence-electron chi connectivity index (χ2n) is 7.72. The molecule has 2 unspecified atom stereocenters. The Balaban J connectivity index is 1.71. The van der Waals surface area contributed by atoms with Crippen LogP contribution in [0.5, 0.6) is 5.75 Å². The van der Waals surface area contributed by atoms with E-state index in [9.17, 15) is 5.11 Å². The summed E-state index contributed by atoms with van der Waals surface area (Å²) in [5, 5.41) is 15.2. The molecule has 0 bridgehead atoms. The van der Waals surface area contributed by atoms with Crippen molar-refractivity contribution in [3.8, 4) is 11.4 Å². The van der Waals surface area contributed by atoms with Gasteiger partial charge in [0, 0.05) is 28.8 Å². The number of pyridine rings is 1. The molecule has 2 aromatic heterocycles. The van der Waals surface area contributed by atoms with Gasteiger partial charge in [-0.15, -0.1) is 0 Å². The van der Waals surface area contributed by atoms with Crippen LogP contribution in [-0.2, 0) is 0 Å². The highest BCUT2D eigenvalue weighted by Crippen LogP contribution is 2.45. The molecule has 0 radical (unpaired) electrons. The Bertz CT molecular complexity index is 1290. The van der Waals surface area contributed by atoms with E-state index in [-0.39, 0.29) is 17.8 Å². The molecule has 0 saturated carbocycles. The van der Waals surface area contributed by atoms with Gasteiger partial charge >= 0.3 is 0 Å². The lowest BCUT2D eigenvalue weighted by Gasteiger charge is -2.29. The van der Waals surface area contributed by atoms with Crippen molar-refractivity contribution in [3.05, 3.63) is 107 Å². The van der Waals surface area contributed by atoms with Gasteiger partial charge in [0.25, 0.3) is 0 Å². The third-order valence-corrected chi connectivity index (χ3v) is 6.30. The van der Waals surface area contributed by atoms with Crippen LogP contribution in [0.15, 0.2) is 85.2 Å². The van der Waals surface area contributed by atoms with E-state index in [0.717, 1.165) is 22.6 Å². The topological polar surface area (TPSA) is 53.3 Å². The number of rotatable bonds is 4. The maximum absolute atomic E-state index is 10.7. The molecule has 0 aliphatic carbocycles. The van der Waals surface area contributed by atoms with Gasteiger partial charge in [-0.1, -0.05) is 35.9 Å². The monoisotopic (exact) mass is 460 g/mol. The highest BCUT2D eigenvalue weighted by molar-refractivity contribution is 7.80. The molecule has 32 heavy (non-hydrogen) atoms. The molecule has 1 saturated heterocycles. The second-order valence-corrected chi connectivity index (χ2v) is 8.54. The number of thiocarbonyl (C=S) groups is 1. The van der Waals surface area contributed by atoms with Crippen LogP contribution in [0, 0.1) is 6.92 Å². The fourth-order valence-corrected chi connectivity index (χ4v) is 4.80. The van der Waals surface area contributed by atoms with Crippen molar-refractivity contribution >= 4 is 34.6 Å². The third kappa shape index (κ3) is 3.51. The number of phenols is 1. The van der Waals surface area contributed by atoms with Gasteiger partial charge in [0.15, 0.2) is 5.11 Å². The molecule has 3 heterocycles. The molecular weight excluding hydrogens is 440 g/mol. The van der Waals surface area contributed by atoms with Crippen molar-refractivity contribution in [1.82, 2.24) is 14.9 Å². The number of phenolic OH excluding ortho intramolecular Hbond substituents is 1. The van der Waals surface area contributed by atoms with E-state index in [1.54, 1.807) is 24.4 Å². The molecule has 160 valence electrons. The van der Waals surface area contributed by atoms with Crippen LogP contribution in [0.2, 0.25) is 5.02 Å². The van der Waals surface area contributed by atoms with Crippen molar-refractivity contribution in [2.45, 2.75) is 19.0 Å². The first-order valence-electron chi connectivity index (χ1n) is 10.3. The molecular formula is C25H21ClN4OS. The number of aromatic hydroxyl groups is 1. The van der Waals surface area contributed by atoms with Crippen LogP contribution in [0.1, 0.15) is 29.0 Å². The highest BCUT2D eigenvalue weighted by atomic mass is 35.5. The zero-order valence-corrected chi connectivity index (χ0v) is 18.9. The van der Waals surface area contributed by atoms with Crippen molar-refractivity contribution in [2.75, 3.05) is 4.90 Å². The molecule has 2 aromatic carbocycles. The number of para-hydroxylation sites is 1. The lowest BCUT2D eigenvalue weighted by atomic mass is 10.0. The zero-order chi connectivity index (χ0) is 22.2. The lowest BCUT2D eigenvalue weighted by molar-refractivity contribution is 0.472. The van der Waals surface area contributed by atoms with E-state index in [2.05, 4.69) is 40.0 Å². The molecule has 0 amide bonds. The normalized spacial score (nSPS) is 18.1. The fourth-order valence-electron chi connectivity index (χ4n) is 4.29. The van der Waals surface area contributed by atoms with Crippen LogP contribution >= 0.6 is 23.8 Å². The summed E-state index contributed by atoms with van der Waals surface area (Å²) < 4.78 is 2.17. The summed E-state index contributed by atoms with van der Waals surface area (Å²) in [7, 11) is 0. The van der Waals surface area contributed by atoms with E-state index >= 15 is 0 Å². The Morgan fingerprint density at radius 1 is 1.00 bits per heavy atom. The minimum Gasteiger partial charge on any atom is -0.506 e. The first-order valence-corrected chi connectivity index (χ1v) is 11.1. The van der Waals surface area contributed by atoms with E-state index in [0.29, 0.717) is 15.8 Å². The predicted molar refractivity (Wildman–Crippen MR) is 132 cm³/mol. The SMILES string of the molecule is Cc1ccccc1-n1cccc1C1C(c2ccccn2)NC(=S)N1c1cc(Cl)ccc1O. The van der Waals surface area contributed by atoms with Crippen LogP contribution in [0.25, 0.3) is 5.69 Å². The second kappa shape index (κ2) is 8.30. The first kappa shape index (κ1) is 20.5. The average Bonchev–Trinajstić information content (AvgIpc) is 3.40. The van der Waals surface area contributed by atoms with Crippen molar-refractivity contribution in [1.29, 1.82) is 0 Å². The van der Waals surface area contributed by atoms with Crippen LogP contribution < -0.4 is 10.2 Å². The molecule has 1 aliphatic heterocycles. The quantitative estimate of drug-likeness (QED) is 0.381. The van der Waals surface area contributed by atoms with Gasteiger partial charge < -0.3 is 19.9 Å². The van der Waals surface area contributed by atoms with Crippen molar-refractivity contribution in [2.24, 2.45) is 0 Å². The third-order valence-electron chi connectivity index (χ3n) is 5.75. The molecule has 2 atom stereocenters. The number of aryl methyl sites for hydroxylation is 1. The minimum absolute atomic E-state index is 0.110. The standard InChI is InChI=1S/C25H21ClN4OS/c1-16-7-2-3-9-19(16)29-14-6-10-20(29)24-23(18-8-4-5-13-27-18)28-25(32)30(24)21-15-17(26)11-12-22(21)31/h2-15,23-24,31H,1H3,(H,28,32). The Hall–Kier alpha value is -3.35. The molecule has 5 nitrogen and oxygen atoms in total. The van der Waals surface area contributed by atoms with Gasteiger partial charge in [0.1, 0.15) is 11.8 Å². The summed E-state index contributed by atoms with van der Waals surface area (Å²) in [6.07, 6.45) is 3.82. The van der Waals surface area contributed by atoms with E-state index in [4.69, 9.17) is 23.8 Å². The van der Waals surface area contributed by atoms with Crippen molar-refractivity contribution < 1.29 is 5.11 Å². The van der Waals surface area contributed by atoms with Gasteiger partial charge in [-0.3, -0.25) is 4.98 Å². The van der Waals surface area contributed by atoms with Gasteiger partial charge in [0.05, 0.1) is 17.4 Å². The predicted octanol–water partition coefficient (Wildman–Crippen LogP) is 5.72. The number of benzene rings is 2. The van der Waals surface area contributed by atoms with E-state index in [1.165, 1.54) is 0 Å². The zero-order valence-electron chi connectivity index (χ0n) is 17.3. The van der Waals surface area contributed by atoms with Crippen LogP contribution in [-0.4, -0.2) is 19.8 Å². The number of halogens is 1. The lowest BCUT2D eigenvalue weighted by Crippen LogP contribution is -2.30. The maximum Gasteiger partial charge on any atom is 0.174 e. The number of nitrogens with one attached hydrogen (secondary N) is 1. The number of nitrogens with zero attached hydrogens (tertiary/aromatic N) is 3. The summed E-state index contributed by atoms with van der Waals surface area (Å²) in [5.41, 5.74) is 4.67. The number of hydrogen-bond acceptors (Lipinski definition) is 3. The Morgan fingerprint density at radius 3 is 2.59 bits per heavy atom. The Kier molecular flexibility index (Phi) is 5.33. The molecule has 1 aliphatic rings. The smallest absolute Gasteiger partial charge is 0.174 e. The minimum atomic E-state index is -0.267. The Labute approximate surface area is 196 Å². The van der Waals surface area contributed by atoms with Crippen LogP contribution in [0.4, 0.5) is 5.69 Å². The highest BCUT2D eigenvalue weighted by Gasteiger charge is 2.43. The molecule has 5 rings (SSSR count). The Morgan fingerprint density at radius 2 is 1.81 bits per heavy atom. The van der Waals surface area contributed by atoms with Crippen LogP contribution in [0.3, 0.4) is 0 Å². The molecule has 4 aromatic rings. The fraction of sp³-hybridized carbons (Fsp3) is 0.120. The molecule has 1 fully saturated rings.